The minimum atomic E-state index is -0.925. The molecule has 1 aliphatic heterocycles. The number of nitrogens with one attached hydrogen (secondary N) is 1. The zero-order chi connectivity index (χ0) is 23.0. The Morgan fingerprint density at radius 1 is 1.18 bits per heavy atom. The largest absolute Gasteiger partial charge is 0.351 e. The fraction of sp³-hybridized carbons (Fsp3) is 0.481. The van der Waals surface area contributed by atoms with E-state index in [2.05, 4.69) is 40.4 Å². The van der Waals surface area contributed by atoms with Crippen LogP contribution in [0.4, 0.5) is 0 Å². The van der Waals surface area contributed by atoms with Gasteiger partial charge in [0.05, 0.1) is 16.8 Å². The maximum atomic E-state index is 13.9. The van der Waals surface area contributed by atoms with Crippen molar-refractivity contribution in [1.29, 1.82) is 0 Å². The van der Waals surface area contributed by atoms with Gasteiger partial charge in [-0.3, -0.25) is 9.59 Å². The Kier molecular flexibility index (Phi) is 6.04. The predicted molar refractivity (Wildman–Crippen MR) is 134 cm³/mol. The van der Waals surface area contributed by atoms with Crippen LogP contribution in [0.2, 0.25) is 0 Å². The molecular weight excluding hydrogens is 430 g/mol. The van der Waals surface area contributed by atoms with Crippen LogP contribution in [-0.4, -0.2) is 38.9 Å². The molecule has 2 atom stereocenters. The first-order valence-electron chi connectivity index (χ1n) is 12.2. The van der Waals surface area contributed by atoms with Crippen molar-refractivity contribution in [2.75, 3.05) is 0 Å². The highest BCUT2D eigenvalue weighted by Gasteiger charge is 2.49. The first-order chi connectivity index (χ1) is 16.0. The van der Waals surface area contributed by atoms with Crippen molar-refractivity contribution in [1.82, 2.24) is 14.8 Å². The number of rotatable bonds is 6. The van der Waals surface area contributed by atoms with Crippen LogP contribution in [0.1, 0.15) is 68.4 Å². The molecule has 0 bridgehead atoms. The second-order valence-corrected chi connectivity index (χ2v) is 10.9. The van der Waals surface area contributed by atoms with Crippen LogP contribution in [0.3, 0.4) is 0 Å². The van der Waals surface area contributed by atoms with Crippen LogP contribution in [-0.2, 0) is 17.8 Å². The first kappa shape index (κ1) is 22.2. The molecule has 2 unspecified atom stereocenters. The Balaban J connectivity index is 1.46. The van der Waals surface area contributed by atoms with E-state index in [0.29, 0.717) is 12.2 Å². The molecule has 6 heteroatoms. The number of hydrogen-bond acceptors (Lipinski definition) is 3. The molecule has 33 heavy (non-hydrogen) atoms. The van der Waals surface area contributed by atoms with Crippen molar-refractivity contribution in [3.05, 3.63) is 59.1 Å². The summed E-state index contributed by atoms with van der Waals surface area (Å²) >= 11 is 1.64. The topological polar surface area (TPSA) is 54.3 Å². The van der Waals surface area contributed by atoms with Gasteiger partial charge >= 0.3 is 0 Å². The highest BCUT2D eigenvalue weighted by molar-refractivity contribution is 7.17. The number of amides is 2. The predicted octanol–water partition coefficient (Wildman–Crippen LogP) is 5.39. The number of aromatic nitrogens is 1. The molecule has 0 spiro atoms. The lowest BCUT2D eigenvalue weighted by Gasteiger charge is -2.47. The fourth-order valence-electron chi connectivity index (χ4n) is 5.66. The van der Waals surface area contributed by atoms with Gasteiger partial charge in [-0.1, -0.05) is 49.6 Å². The van der Waals surface area contributed by atoms with Gasteiger partial charge in [0, 0.05) is 12.1 Å². The maximum Gasteiger partial charge on any atom is 0.271 e. The van der Waals surface area contributed by atoms with Crippen LogP contribution in [0.25, 0.3) is 10.2 Å². The summed E-state index contributed by atoms with van der Waals surface area (Å²) in [4.78, 5) is 29.6. The number of hydrogen-bond donors (Lipinski definition) is 1. The summed E-state index contributed by atoms with van der Waals surface area (Å²) < 4.78 is 3.17. The zero-order valence-corrected chi connectivity index (χ0v) is 20.4. The van der Waals surface area contributed by atoms with Gasteiger partial charge in [0.15, 0.2) is 0 Å². The van der Waals surface area contributed by atoms with E-state index in [-0.39, 0.29) is 23.9 Å². The second kappa shape index (κ2) is 8.98. The van der Waals surface area contributed by atoms with Gasteiger partial charge < -0.3 is 14.8 Å². The molecule has 1 saturated carbocycles. The SMILES string of the molecule is CC(CCc1ccccc1)N1C(=O)c2cc3sccc3n2CC1(C)C(=O)NC1CCCCC1. The molecular formula is C27H33N3O2S. The zero-order valence-electron chi connectivity index (χ0n) is 19.5. The Morgan fingerprint density at radius 3 is 2.70 bits per heavy atom. The smallest absolute Gasteiger partial charge is 0.271 e. The van der Waals surface area contributed by atoms with E-state index in [1.165, 1.54) is 12.0 Å². The summed E-state index contributed by atoms with van der Waals surface area (Å²) in [6, 6.07) is 14.6. The third kappa shape index (κ3) is 4.10. The molecule has 1 fully saturated rings. The van der Waals surface area contributed by atoms with Crippen molar-refractivity contribution in [2.45, 2.75) is 83.0 Å². The number of nitrogens with zero attached hydrogens (tertiary/aromatic N) is 2. The third-order valence-electron chi connectivity index (χ3n) is 7.52. The quantitative estimate of drug-likeness (QED) is 0.533. The Morgan fingerprint density at radius 2 is 1.94 bits per heavy atom. The molecule has 1 N–H and O–H groups in total. The van der Waals surface area contributed by atoms with Gasteiger partial charge in [0.25, 0.3) is 5.91 Å². The Hall–Kier alpha value is -2.60. The number of benzene rings is 1. The lowest BCUT2D eigenvalue weighted by molar-refractivity contribution is -0.135. The molecule has 1 aliphatic carbocycles. The van der Waals surface area contributed by atoms with Gasteiger partial charge in [-0.15, -0.1) is 11.3 Å². The Bertz CT molecular complexity index is 1140. The van der Waals surface area contributed by atoms with E-state index in [4.69, 9.17) is 0 Å². The molecule has 2 aromatic heterocycles. The van der Waals surface area contributed by atoms with Gasteiger partial charge in [0.2, 0.25) is 5.91 Å². The summed E-state index contributed by atoms with van der Waals surface area (Å²) in [6.45, 7) is 4.54. The number of carbonyl (C=O) groups excluding carboxylic acids is 2. The third-order valence-corrected chi connectivity index (χ3v) is 8.38. The summed E-state index contributed by atoms with van der Waals surface area (Å²) in [5.41, 5.74) is 2.08. The average Bonchev–Trinajstić information content (AvgIpc) is 3.42. The van der Waals surface area contributed by atoms with E-state index < -0.39 is 5.54 Å². The second-order valence-electron chi connectivity index (χ2n) is 9.92. The van der Waals surface area contributed by atoms with Gasteiger partial charge in [-0.25, -0.2) is 0 Å². The van der Waals surface area contributed by atoms with Crippen molar-refractivity contribution >= 4 is 33.4 Å². The van der Waals surface area contributed by atoms with E-state index in [1.54, 1.807) is 11.3 Å². The van der Waals surface area contributed by atoms with Crippen LogP contribution < -0.4 is 5.32 Å². The highest BCUT2D eigenvalue weighted by atomic mass is 32.1. The standard InChI is InChI=1S/C27H33N3O2S/c1-19(13-14-20-9-5-3-6-10-20)30-25(31)23-17-24-22(15-16-33-24)29(23)18-27(30,2)26(32)28-21-11-7-4-8-12-21/h3,5-6,9-10,15-17,19,21H,4,7-8,11-14,18H2,1-2H3,(H,28,32). The van der Waals surface area contributed by atoms with Crippen LogP contribution in [0.5, 0.6) is 0 Å². The molecule has 5 nitrogen and oxygen atoms in total. The van der Waals surface area contributed by atoms with E-state index in [9.17, 15) is 9.59 Å². The molecule has 0 radical (unpaired) electrons. The number of aryl methyl sites for hydroxylation is 1. The van der Waals surface area contributed by atoms with Crippen molar-refractivity contribution in [3.8, 4) is 0 Å². The van der Waals surface area contributed by atoms with Gasteiger partial charge in [0.1, 0.15) is 11.2 Å². The van der Waals surface area contributed by atoms with Crippen molar-refractivity contribution in [2.24, 2.45) is 0 Å². The van der Waals surface area contributed by atoms with E-state index in [0.717, 1.165) is 48.7 Å². The summed E-state index contributed by atoms with van der Waals surface area (Å²) in [5, 5.41) is 5.38. The van der Waals surface area contributed by atoms with Crippen LogP contribution in [0.15, 0.2) is 47.8 Å². The maximum absolute atomic E-state index is 13.9. The summed E-state index contributed by atoms with van der Waals surface area (Å²) in [6.07, 6.45) is 7.32. The minimum absolute atomic E-state index is 0.0166. The van der Waals surface area contributed by atoms with Crippen molar-refractivity contribution < 1.29 is 9.59 Å². The van der Waals surface area contributed by atoms with Gasteiger partial charge in [-0.2, -0.15) is 0 Å². The van der Waals surface area contributed by atoms with Crippen molar-refractivity contribution in [3.63, 3.8) is 0 Å². The lowest BCUT2D eigenvalue weighted by atomic mass is 9.89. The Labute approximate surface area is 199 Å². The molecule has 3 heterocycles. The molecule has 0 saturated heterocycles. The fourth-order valence-corrected chi connectivity index (χ4v) is 6.48. The lowest BCUT2D eigenvalue weighted by Crippen LogP contribution is -2.67. The number of thiophene rings is 1. The van der Waals surface area contributed by atoms with E-state index in [1.807, 2.05) is 36.1 Å². The van der Waals surface area contributed by atoms with Gasteiger partial charge in [-0.05, 0) is 62.6 Å². The van der Waals surface area contributed by atoms with Crippen LogP contribution in [0, 0.1) is 0 Å². The first-order valence-corrected chi connectivity index (χ1v) is 13.1. The average molecular weight is 464 g/mol. The molecule has 2 amide bonds. The molecule has 1 aromatic carbocycles. The highest BCUT2D eigenvalue weighted by Crippen LogP contribution is 2.36. The molecule has 5 rings (SSSR count). The minimum Gasteiger partial charge on any atom is -0.351 e. The summed E-state index contributed by atoms with van der Waals surface area (Å²) in [5.74, 6) is -0.0523. The number of fused-ring (bicyclic) bond motifs is 3. The number of carbonyl (C=O) groups is 2. The molecule has 174 valence electrons. The summed E-state index contributed by atoms with van der Waals surface area (Å²) in [7, 11) is 0. The molecule has 3 aromatic rings. The van der Waals surface area contributed by atoms with E-state index >= 15 is 0 Å². The van der Waals surface area contributed by atoms with Crippen LogP contribution >= 0.6 is 11.3 Å². The molecule has 2 aliphatic rings. The monoisotopic (exact) mass is 463 g/mol. The normalized spacial score (nSPS) is 22.4.